The van der Waals surface area contributed by atoms with Gasteiger partial charge in [0, 0.05) is 43.5 Å². The van der Waals surface area contributed by atoms with Crippen LogP contribution in [0.3, 0.4) is 0 Å². The molecule has 3 heterocycles. The second-order valence-electron chi connectivity index (χ2n) is 9.93. The first-order valence-electron chi connectivity index (χ1n) is 13.1. The Balaban J connectivity index is 1.52. The number of aromatic nitrogens is 3. The van der Waals surface area contributed by atoms with Crippen molar-refractivity contribution in [1.82, 2.24) is 19.3 Å². The molecular weight excluding hydrogens is 557 g/mol. The molecule has 2 fully saturated rings. The minimum Gasteiger partial charge on any atom is -0.492 e. The van der Waals surface area contributed by atoms with Crippen LogP contribution in [0, 0.1) is 23.6 Å². The maximum atomic E-state index is 15.4. The number of benzene rings is 1. The van der Waals surface area contributed by atoms with Gasteiger partial charge in [0.1, 0.15) is 41.0 Å². The minimum atomic E-state index is -3.98. The topological polar surface area (TPSA) is 191 Å². The molecule has 41 heavy (non-hydrogen) atoms. The molecule has 2 aliphatic rings. The molecule has 2 aromatic heterocycles. The average Bonchev–Trinajstić information content (AvgIpc) is 3.44. The zero-order chi connectivity index (χ0) is 29.3. The smallest absolute Gasteiger partial charge is 0.274 e. The number of nitrogens with one attached hydrogen (secondary N) is 1. The van der Waals surface area contributed by atoms with E-state index in [9.17, 15) is 18.6 Å². The fourth-order valence-electron chi connectivity index (χ4n) is 5.35. The van der Waals surface area contributed by atoms with E-state index in [2.05, 4.69) is 26.5 Å². The summed E-state index contributed by atoms with van der Waals surface area (Å²) in [4.78, 5) is 10.4. The lowest BCUT2D eigenvalue weighted by Crippen LogP contribution is -2.38. The number of morpholine rings is 1. The summed E-state index contributed by atoms with van der Waals surface area (Å²) in [6, 6.07) is 2.49. The lowest BCUT2D eigenvalue weighted by Gasteiger charge is -2.29. The van der Waals surface area contributed by atoms with E-state index in [-0.39, 0.29) is 24.3 Å². The Hall–Kier alpha value is -3.52. The third-order valence-corrected chi connectivity index (χ3v) is 7.92. The number of anilines is 2. The molecule has 7 N–H and O–H groups in total. The molecule has 1 aromatic carbocycles. The van der Waals surface area contributed by atoms with Crippen molar-refractivity contribution in [2.45, 2.75) is 31.6 Å². The number of nitrogen functional groups attached to an aromatic ring is 1. The second-order valence-corrected chi connectivity index (χ2v) is 11.3. The average molecular weight is 590 g/mol. The Bertz CT molecular complexity index is 1600. The predicted octanol–water partition coefficient (Wildman–Crippen LogP) is -0.136. The highest BCUT2D eigenvalue weighted by atomic mass is 32.2. The van der Waals surface area contributed by atoms with Gasteiger partial charge in [-0.25, -0.2) is 24.2 Å². The lowest BCUT2D eigenvalue weighted by atomic mass is 10.1. The SMILES string of the molecule is CCOc1cc(N2CCOCC2)cc(F)c1C#Cc1cn([C@@H]2C[C@H](CNS(N)(=O)=O)[C@@H](O)[C@H]2O)c2ncnc(N)c12. The highest BCUT2D eigenvalue weighted by Gasteiger charge is 2.43. The number of aliphatic hydroxyl groups is 2. The fraction of sp³-hybridized carbons (Fsp3) is 0.462. The van der Waals surface area contributed by atoms with E-state index in [0.29, 0.717) is 60.9 Å². The van der Waals surface area contributed by atoms with Crippen LogP contribution in [-0.2, 0) is 14.9 Å². The number of nitrogens with two attached hydrogens (primary N) is 2. The van der Waals surface area contributed by atoms with E-state index in [1.807, 2.05) is 4.90 Å². The number of hydrogen-bond donors (Lipinski definition) is 5. The minimum absolute atomic E-state index is 0.0747. The van der Waals surface area contributed by atoms with Crippen molar-refractivity contribution in [3.63, 3.8) is 0 Å². The summed E-state index contributed by atoms with van der Waals surface area (Å²) < 4.78 is 53.1. The number of hydrogen-bond acceptors (Lipinski definition) is 10. The number of fused-ring (bicyclic) bond motifs is 1. The number of aliphatic hydroxyl groups excluding tert-OH is 2. The van der Waals surface area contributed by atoms with Crippen LogP contribution in [0.25, 0.3) is 11.0 Å². The Morgan fingerprint density at radius 1 is 1.22 bits per heavy atom. The maximum Gasteiger partial charge on any atom is 0.274 e. The first-order valence-corrected chi connectivity index (χ1v) is 14.7. The standard InChI is InChI=1S/C26H32FN7O6S/c1-2-40-21-11-17(33-5-7-39-8-6-33)10-19(27)18(21)4-3-15-13-34(26-22(15)25(28)30-14-31-26)20-9-16(23(35)24(20)36)12-32-41(29,37)38/h10-11,13-14,16,20,23-24,32,35-36H,2,5-9,12H2,1H3,(H2,28,30,31)(H2,29,37,38)/t16-,20-,23-,24+/m1/s1. The number of rotatable bonds is 7. The summed E-state index contributed by atoms with van der Waals surface area (Å²) in [6.07, 6.45) is 0.606. The molecule has 13 nitrogen and oxygen atoms in total. The molecule has 3 aromatic rings. The monoisotopic (exact) mass is 589 g/mol. The molecule has 0 unspecified atom stereocenters. The molecule has 1 aliphatic heterocycles. The van der Waals surface area contributed by atoms with Crippen LogP contribution < -0.4 is 25.2 Å². The van der Waals surface area contributed by atoms with Gasteiger partial charge in [0.2, 0.25) is 0 Å². The number of halogens is 1. The summed E-state index contributed by atoms with van der Waals surface area (Å²) >= 11 is 0. The molecule has 4 atom stereocenters. The van der Waals surface area contributed by atoms with Gasteiger partial charge >= 0.3 is 0 Å². The van der Waals surface area contributed by atoms with Crippen LogP contribution in [-0.4, -0.2) is 84.8 Å². The molecule has 15 heteroatoms. The van der Waals surface area contributed by atoms with Gasteiger partial charge in [0.15, 0.2) is 0 Å². The number of nitrogens with zero attached hydrogens (tertiary/aromatic N) is 4. The summed E-state index contributed by atoms with van der Waals surface area (Å²) in [6.45, 7) is 4.33. The lowest BCUT2D eigenvalue weighted by molar-refractivity contribution is 0.00769. The largest absolute Gasteiger partial charge is 0.492 e. The van der Waals surface area contributed by atoms with Crippen LogP contribution in [0.4, 0.5) is 15.9 Å². The van der Waals surface area contributed by atoms with Crippen LogP contribution in [0.1, 0.15) is 30.5 Å². The van der Waals surface area contributed by atoms with Gasteiger partial charge in [-0.15, -0.1) is 0 Å². The first kappa shape index (κ1) is 29.0. The van der Waals surface area contributed by atoms with Gasteiger partial charge in [-0.3, -0.25) is 0 Å². The molecule has 5 rings (SSSR count). The van der Waals surface area contributed by atoms with Crippen molar-refractivity contribution in [2.24, 2.45) is 11.1 Å². The van der Waals surface area contributed by atoms with E-state index in [1.54, 1.807) is 23.8 Å². The van der Waals surface area contributed by atoms with Gasteiger partial charge < -0.3 is 34.9 Å². The van der Waals surface area contributed by atoms with E-state index >= 15 is 4.39 Å². The molecule has 1 saturated carbocycles. The van der Waals surface area contributed by atoms with Crippen molar-refractivity contribution in [3.05, 3.63) is 41.6 Å². The van der Waals surface area contributed by atoms with Crippen LogP contribution in [0.15, 0.2) is 24.7 Å². The van der Waals surface area contributed by atoms with Gasteiger partial charge in [-0.2, -0.15) is 8.42 Å². The zero-order valence-corrected chi connectivity index (χ0v) is 23.1. The summed E-state index contributed by atoms with van der Waals surface area (Å²) in [5.74, 6) is 5.12. The highest BCUT2D eigenvalue weighted by Crippen LogP contribution is 2.38. The quantitative estimate of drug-likeness (QED) is 0.232. The van der Waals surface area contributed by atoms with Gasteiger partial charge in [-0.05, 0) is 19.4 Å². The van der Waals surface area contributed by atoms with Crippen LogP contribution >= 0.6 is 0 Å². The van der Waals surface area contributed by atoms with Crippen molar-refractivity contribution in [1.29, 1.82) is 0 Å². The Morgan fingerprint density at radius 3 is 2.68 bits per heavy atom. The molecule has 220 valence electrons. The fourth-order valence-corrected chi connectivity index (χ4v) is 5.80. The Kier molecular flexibility index (Phi) is 8.32. The second kappa shape index (κ2) is 11.8. The zero-order valence-electron chi connectivity index (χ0n) is 22.3. The predicted molar refractivity (Wildman–Crippen MR) is 149 cm³/mol. The number of ether oxygens (including phenoxy) is 2. The maximum absolute atomic E-state index is 15.4. The highest BCUT2D eigenvalue weighted by molar-refractivity contribution is 7.87. The normalized spacial score (nSPS) is 23.0. The molecule has 1 aliphatic carbocycles. The molecule has 0 amide bonds. The van der Waals surface area contributed by atoms with Gasteiger partial charge in [0.05, 0.1) is 42.9 Å². The van der Waals surface area contributed by atoms with Crippen molar-refractivity contribution >= 4 is 32.7 Å². The van der Waals surface area contributed by atoms with Gasteiger partial charge in [0.25, 0.3) is 10.2 Å². The third-order valence-electron chi connectivity index (χ3n) is 7.35. The third kappa shape index (κ3) is 6.08. The van der Waals surface area contributed by atoms with Gasteiger partial charge in [-0.1, -0.05) is 11.8 Å². The van der Waals surface area contributed by atoms with Crippen LogP contribution in [0.2, 0.25) is 0 Å². The molecular formula is C26H32FN7O6S. The molecule has 0 spiro atoms. The molecule has 1 saturated heterocycles. The molecule has 0 bridgehead atoms. The summed E-state index contributed by atoms with van der Waals surface area (Å²) in [5, 5.41) is 26.9. The Morgan fingerprint density at radius 2 is 1.98 bits per heavy atom. The molecule has 0 radical (unpaired) electrons. The van der Waals surface area contributed by atoms with Crippen LogP contribution in [0.5, 0.6) is 5.75 Å². The summed E-state index contributed by atoms with van der Waals surface area (Å²) in [5.41, 5.74) is 7.67. The van der Waals surface area contributed by atoms with Crippen molar-refractivity contribution in [3.8, 4) is 17.6 Å². The van der Waals surface area contributed by atoms with E-state index in [0.717, 1.165) is 0 Å². The van der Waals surface area contributed by atoms with Crippen molar-refractivity contribution < 1.29 is 32.5 Å². The Labute approximate surface area is 236 Å². The van der Waals surface area contributed by atoms with E-state index in [4.69, 9.17) is 20.3 Å². The van der Waals surface area contributed by atoms with Crippen molar-refractivity contribution in [2.75, 3.05) is 50.1 Å². The van der Waals surface area contributed by atoms with E-state index in [1.165, 1.54) is 12.4 Å². The first-order chi connectivity index (χ1) is 19.6. The summed E-state index contributed by atoms with van der Waals surface area (Å²) in [7, 11) is -3.98. The van der Waals surface area contributed by atoms with E-state index < -0.39 is 40.2 Å².